The molecule has 0 unspecified atom stereocenters. The summed E-state index contributed by atoms with van der Waals surface area (Å²) >= 11 is 0. The third kappa shape index (κ3) is 9.49. The molecule has 0 spiro atoms. The molecule has 0 N–H and O–H groups in total. The minimum Gasteiger partial charge on any atom is -0.318 e. The van der Waals surface area contributed by atoms with Gasteiger partial charge in [-0.05, 0) is 18.4 Å². The Balaban J connectivity index is 2.12. The highest BCUT2D eigenvalue weighted by molar-refractivity contribution is 6.00. The van der Waals surface area contributed by atoms with Gasteiger partial charge >= 0.3 is 5.97 Å². The Morgan fingerprint density at radius 3 is 2.04 bits per heavy atom. The van der Waals surface area contributed by atoms with Crippen LogP contribution in [0.15, 0.2) is 35.5 Å². The summed E-state index contributed by atoms with van der Waals surface area (Å²) in [7, 11) is 0. The predicted octanol–water partition coefficient (Wildman–Crippen LogP) is 6.26. The van der Waals surface area contributed by atoms with Crippen molar-refractivity contribution in [1.29, 1.82) is 0 Å². The largest absolute Gasteiger partial charge is 0.335 e. The first-order valence-corrected chi connectivity index (χ1v) is 9.60. The lowest BCUT2D eigenvalue weighted by atomic mass is 10.1. The number of hydrogen-bond acceptors (Lipinski definition) is 3. The summed E-state index contributed by atoms with van der Waals surface area (Å²) in [4.78, 5) is 16.8. The zero-order chi connectivity index (χ0) is 17.5. The molecular formula is C21H33NO2. The Hall–Kier alpha value is -1.64. The zero-order valence-corrected chi connectivity index (χ0v) is 15.4. The molecule has 0 heterocycles. The minimum atomic E-state index is -0.222. The van der Waals surface area contributed by atoms with Gasteiger partial charge in [0, 0.05) is 6.42 Å². The first-order valence-electron chi connectivity index (χ1n) is 9.60. The van der Waals surface area contributed by atoms with Crippen LogP contribution in [-0.2, 0) is 9.63 Å². The monoisotopic (exact) mass is 331 g/mol. The van der Waals surface area contributed by atoms with Crippen molar-refractivity contribution in [2.45, 2.75) is 84.5 Å². The normalized spacial score (nSPS) is 11.5. The van der Waals surface area contributed by atoms with Crippen molar-refractivity contribution in [3.8, 4) is 0 Å². The van der Waals surface area contributed by atoms with E-state index in [2.05, 4.69) is 12.1 Å². The van der Waals surface area contributed by atoms with Crippen molar-refractivity contribution in [3.05, 3.63) is 35.9 Å². The van der Waals surface area contributed by atoms with Crippen molar-refractivity contribution >= 4 is 11.7 Å². The molecule has 0 atom stereocenters. The van der Waals surface area contributed by atoms with Gasteiger partial charge in [0.05, 0.1) is 5.71 Å². The number of rotatable bonds is 13. The van der Waals surface area contributed by atoms with Crippen LogP contribution in [0.2, 0.25) is 0 Å². The maximum absolute atomic E-state index is 11.8. The van der Waals surface area contributed by atoms with Crippen molar-refractivity contribution < 1.29 is 9.63 Å². The second kappa shape index (κ2) is 13.8. The molecular weight excluding hydrogens is 298 g/mol. The van der Waals surface area contributed by atoms with E-state index in [1.54, 1.807) is 0 Å². The predicted molar refractivity (Wildman–Crippen MR) is 101 cm³/mol. The average Bonchev–Trinajstić information content (AvgIpc) is 2.62. The van der Waals surface area contributed by atoms with E-state index >= 15 is 0 Å². The van der Waals surface area contributed by atoms with Crippen LogP contribution in [0.4, 0.5) is 0 Å². The molecule has 24 heavy (non-hydrogen) atoms. The van der Waals surface area contributed by atoms with E-state index in [-0.39, 0.29) is 5.97 Å². The van der Waals surface area contributed by atoms with Crippen molar-refractivity contribution in [3.63, 3.8) is 0 Å². The molecule has 3 heteroatoms. The van der Waals surface area contributed by atoms with Crippen LogP contribution in [0, 0.1) is 0 Å². The molecule has 0 radical (unpaired) electrons. The van der Waals surface area contributed by atoms with Gasteiger partial charge in [0.2, 0.25) is 0 Å². The van der Waals surface area contributed by atoms with Gasteiger partial charge in [-0.15, -0.1) is 0 Å². The van der Waals surface area contributed by atoms with Gasteiger partial charge in [-0.25, -0.2) is 4.79 Å². The Morgan fingerprint density at radius 1 is 0.875 bits per heavy atom. The number of carbonyl (C=O) groups excluding carboxylic acids is 1. The molecule has 3 nitrogen and oxygen atoms in total. The second-order valence-corrected chi connectivity index (χ2v) is 6.30. The SMILES string of the molecule is CCCCCCCCCCCC(=O)O/N=C(\CC)c1ccccc1. The molecule has 0 saturated heterocycles. The molecule has 0 aliphatic carbocycles. The van der Waals surface area contributed by atoms with Crippen LogP contribution in [0.3, 0.4) is 0 Å². The van der Waals surface area contributed by atoms with Gasteiger partial charge in [-0.1, -0.05) is 101 Å². The van der Waals surface area contributed by atoms with Crippen LogP contribution >= 0.6 is 0 Å². The summed E-state index contributed by atoms with van der Waals surface area (Å²) < 4.78 is 0. The van der Waals surface area contributed by atoms with Crippen LogP contribution in [0.5, 0.6) is 0 Å². The molecule has 0 saturated carbocycles. The van der Waals surface area contributed by atoms with Crippen LogP contribution in [-0.4, -0.2) is 11.7 Å². The minimum absolute atomic E-state index is 0.222. The third-order valence-corrected chi connectivity index (χ3v) is 4.18. The van der Waals surface area contributed by atoms with Crippen LogP contribution in [0.1, 0.15) is 90.0 Å². The smallest absolute Gasteiger partial charge is 0.318 e. The molecule has 134 valence electrons. The Kier molecular flexibility index (Phi) is 11.7. The summed E-state index contributed by atoms with van der Waals surface area (Å²) in [5.41, 5.74) is 1.83. The lowest BCUT2D eigenvalue weighted by Crippen LogP contribution is -2.05. The van der Waals surface area contributed by atoms with Gasteiger partial charge in [0.15, 0.2) is 0 Å². The number of nitrogens with zero attached hydrogens (tertiary/aromatic N) is 1. The van der Waals surface area contributed by atoms with Crippen molar-refractivity contribution in [2.24, 2.45) is 5.16 Å². The summed E-state index contributed by atoms with van der Waals surface area (Å²) in [6, 6.07) is 9.86. The van der Waals surface area contributed by atoms with E-state index in [1.807, 2.05) is 37.3 Å². The fourth-order valence-electron chi connectivity index (χ4n) is 2.68. The molecule has 0 amide bonds. The van der Waals surface area contributed by atoms with Gasteiger partial charge in [-0.3, -0.25) is 0 Å². The standard InChI is InChI=1S/C21H33NO2/c1-3-5-6-7-8-9-10-11-15-18-21(23)24-22-20(4-2)19-16-13-12-14-17-19/h12-14,16-17H,3-11,15,18H2,1-2H3/b22-20+. The maximum atomic E-state index is 11.8. The molecule has 1 aromatic carbocycles. The average molecular weight is 332 g/mol. The molecule has 0 bridgehead atoms. The Bertz CT molecular complexity index is 468. The molecule has 0 aromatic heterocycles. The van der Waals surface area contributed by atoms with E-state index in [0.29, 0.717) is 6.42 Å². The second-order valence-electron chi connectivity index (χ2n) is 6.30. The zero-order valence-electron chi connectivity index (χ0n) is 15.4. The van der Waals surface area contributed by atoms with E-state index in [0.717, 1.165) is 30.5 Å². The lowest BCUT2D eigenvalue weighted by Gasteiger charge is -2.04. The third-order valence-electron chi connectivity index (χ3n) is 4.18. The highest BCUT2D eigenvalue weighted by Crippen LogP contribution is 2.11. The van der Waals surface area contributed by atoms with E-state index < -0.39 is 0 Å². The highest BCUT2D eigenvalue weighted by atomic mass is 16.7. The van der Waals surface area contributed by atoms with Gasteiger partial charge in [0.1, 0.15) is 0 Å². The molecule has 1 rings (SSSR count). The van der Waals surface area contributed by atoms with Crippen molar-refractivity contribution in [1.82, 2.24) is 0 Å². The van der Waals surface area contributed by atoms with Gasteiger partial charge in [-0.2, -0.15) is 0 Å². The van der Waals surface area contributed by atoms with Crippen LogP contribution in [0.25, 0.3) is 0 Å². The van der Waals surface area contributed by atoms with E-state index in [9.17, 15) is 4.79 Å². The Morgan fingerprint density at radius 2 is 1.46 bits per heavy atom. The number of unbranched alkanes of at least 4 members (excludes halogenated alkanes) is 8. The lowest BCUT2D eigenvalue weighted by molar-refractivity contribution is -0.143. The quantitative estimate of drug-likeness (QED) is 0.185. The van der Waals surface area contributed by atoms with E-state index in [4.69, 9.17) is 4.84 Å². The van der Waals surface area contributed by atoms with Gasteiger partial charge in [0.25, 0.3) is 0 Å². The molecule has 0 aliphatic heterocycles. The van der Waals surface area contributed by atoms with E-state index in [1.165, 1.54) is 44.9 Å². The number of benzene rings is 1. The number of oxime groups is 1. The summed E-state index contributed by atoms with van der Waals surface area (Å²) in [5.74, 6) is -0.222. The molecule has 0 fully saturated rings. The summed E-state index contributed by atoms with van der Waals surface area (Å²) in [5, 5.41) is 4.04. The fourth-order valence-corrected chi connectivity index (χ4v) is 2.68. The topological polar surface area (TPSA) is 38.7 Å². The number of hydrogen-bond donors (Lipinski definition) is 0. The van der Waals surface area contributed by atoms with Crippen molar-refractivity contribution in [2.75, 3.05) is 0 Å². The van der Waals surface area contributed by atoms with Gasteiger partial charge < -0.3 is 4.84 Å². The fraction of sp³-hybridized carbons (Fsp3) is 0.619. The van der Waals surface area contributed by atoms with Crippen LogP contribution < -0.4 is 0 Å². The maximum Gasteiger partial charge on any atom is 0.335 e. The highest BCUT2D eigenvalue weighted by Gasteiger charge is 2.05. The summed E-state index contributed by atoms with van der Waals surface area (Å²) in [6.07, 6.45) is 12.4. The summed E-state index contributed by atoms with van der Waals surface area (Å²) in [6.45, 7) is 4.26. The molecule has 0 aliphatic rings. The molecule has 1 aromatic rings. The Labute approximate surface area is 147 Å². The number of carbonyl (C=O) groups is 1. The first-order chi connectivity index (χ1) is 11.8. The first kappa shape index (κ1) is 20.4.